The summed E-state index contributed by atoms with van der Waals surface area (Å²) < 4.78 is 12.9. The summed E-state index contributed by atoms with van der Waals surface area (Å²) in [6.07, 6.45) is 1.76. The molecule has 6 nitrogen and oxygen atoms in total. The molecule has 0 aliphatic rings. The highest BCUT2D eigenvalue weighted by Crippen LogP contribution is 2.19. The van der Waals surface area contributed by atoms with Crippen LogP contribution < -0.4 is 14.8 Å². The largest absolute Gasteiger partial charge is 0.490 e. The summed E-state index contributed by atoms with van der Waals surface area (Å²) in [5, 5.41) is 6.89. The van der Waals surface area contributed by atoms with Gasteiger partial charge in [0.1, 0.15) is 24.7 Å². The van der Waals surface area contributed by atoms with Crippen LogP contribution in [0.5, 0.6) is 11.5 Å². The second-order valence-corrected chi connectivity index (χ2v) is 5.33. The van der Waals surface area contributed by atoms with Crippen LogP contribution in [0.3, 0.4) is 0 Å². The van der Waals surface area contributed by atoms with Gasteiger partial charge in [0.15, 0.2) is 5.82 Å². The number of amides is 1. The first-order valence-electron chi connectivity index (χ1n) is 7.93. The molecule has 0 aliphatic heterocycles. The number of aromatic nitrogens is 2. The Labute approximate surface area is 146 Å². The first-order chi connectivity index (χ1) is 12.2. The second kappa shape index (κ2) is 8.01. The monoisotopic (exact) mass is 337 g/mol. The van der Waals surface area contributed by atoms with Crippen molar-refractivity contribution in [2.75, 3.05) is 18.5 Å². The number of aryl methyl sites for hydroxylation is 1. The van der Waals surface area contributed by atoms with Crippen LogP contribution in [-0.4, -0.2) is 28.9 Å². The summed E-state index contributed by atoms with van der Waals surface area (Å²) in [6.45, 7) is 0.725. The van der Waals surface area contributed by atoms with Crippen molar-refractivity contribution in [3.8, 4) is 11.5 Å². The molecule has 128 valence electrons. The number of para-hydroxylation sites is 2. The molecule has 1 amide bonds. The van der Waals surface area contributed by atoms with E-state index in [2.05, 4.69) is 10.4 Å². The van der Waals surface area contributed by atoms with Gasteiger partial charge in [0, 0.05) is 19.3 Å². The van der Waals surface area contributed by atoms with Gasteiger partial charge in [-0.3, -0.25) is 9.48 Å². The molecule has 0 bridgehead atoms. The van der Waals surface area contributed by atoms with E-state index in [1.807, 2.05) is 36.4 Å². The van der Waals surface area contributed by atoms with Crippen molar-refractivity contribution in [1.82, 2.24) is 9.78 Å². The van der Waals surface area contributed by atoms with E-state index in [9.17, 15) is 4.79 Å². The van der Waals surface area contributed by atoms with Crippen molar-refractivity contribution in [2.24, 2.45) is 7.05 Å². The number of nitrogens with zero attached hydrogens (tertiary/aromatic N) is 2. The number of hydrogen-bond acceptors (Lipinski definition) is 4. The Morgan fingerprint density at radius 1 is 1.00 bits per heavy atom. The van der Waals surface area contributed by atoms with Crippen molar-refractivity contribution >= 4 is 11.7 Å². The lowest BCUT2D eigenvalue weighted by Crippen LogP contribution is -2.16. The van der Waals surface area contributed by atoms with E-state index >= 15 is 0 Å². The molecule has 0 fully saturated rings. The minimum Gasteiger partial charge on any atom is -0.490 e. The second-order valence-electron chi connectivity index (χ2n) is 5.33. The molecular formula is C19H19N3O3. The van der Waals surface area contributed by atoms with E-state index < -0.39 is 0 Å². The number of benzene rings is 2. The van der Waals surface area contributed by atoms with Crippen LogP contribution >= 0.6 is 0 Å². The van der Waals surface area contributed by atoms with E-state index in [1.54, 1.807) is 42.2 Å². The maximum atomic E-state index is 12.4. The Bertz CT molecular complexity index is 831. The van der Waals surface area contributed by atoms with E-state index in [1.165, 1.54) is 0 Å². The van der Waals surface area contributed by atoms with Gasteiger partial charge >= 0.3 is 0 Å². The molecule has 0 saturated heterocycles. The van der Waals surface area contributed by atoms with Gasteiger partial charge in [-0.2, -0.15) is 5.10 Å². The first-order valence-corrected chi connectivity index (χ1v) is 7.93. The Balaban J connectivity index is 1.57. The number of carbonyl (C=O) groups is 1. The minimum atomic E-state index is -0.265. The van der Waals surface area contributed by atoms with Gasteiger partial charge in [0.2, 0.25) is 0 Å². The summed E-state index contributed by atoms with van der Waals surface area (Å²) in [7, 11) is 1.79. The van der Waals surface area contributed by atoms with Crippen LogP contribution in [0.1, 0.15) is 10.4 Å². The smallest absolute Gasteiger partial charge is 0.260 e. The van der Waals surface area contributed by atoms with E-state index in [-0.39, 0.29) is 5.91 Å². The summed E-state index contributed by atoms with van der Waals surface area (Å²) in [4.78, 5) is 12.4. The molecule has 1 heterocycles. The maximum Gasteiger partial charge on any atom is 0.260 e. The lowest BCUT2D eigenvalue weighted by atomic mass is 10.2. The number of rotatable bonds is 7. The zero-order valence-corrected chi connectivity index (χ0v) is 13.9. The average Bonchev–Trinajstić information content (AvgIpc) is 3.04. The molecule has 0 atom stereocenters. The molecule has 2 aromatic carbocycles. The molecule has 3 aromatic rings. The highest BCUT2D eigenvalue weighted by Gasteiger charge is 2.13. The molecule has 0 radical (unpaired) electrons. The molecule has 25 heavy (non-hydrogen) atoms. The number of anilines is 1. The summed E-state index contributed by atoms with van der Waals surface area (Å²) >= 11 is 0. The zero-order chi connectivity index (χ0) is 17.5. The lowest BCUT2D eigenvalue weighted by molar-refractivity contribution is 0.102. The van der Waals surface area contributed by atoms with E-state index in [0.717, 1.165) is 5.75 Å². The average molecular weight is 337 g/mol. The van der Waals surface area contributed by atoms with Gasteiger partial charge < -0.3 is 14.8 Å². The predicted octanol–water partition coefficient (Wildman–Crippen LogP) is 3.13. The standard InChI is InChI=1S/C19H19N3O3/c1-22-12-11-18(21-22)20-19(23)16-9-5-6-10-17(16)25-14-13-24-15-7-3-2-4-8-15/h2-12H,13-14H2,1H3,(H,20,21,23). The van der Waals surface area contributed by atoms with Gasteiger partial charge in [0.25, 0.3) is 5.91 Å². The van der Waals surface area contributed by atoms with Crippen molar-refractivity contribution in [1.29, 1.82) is 0 Å². The molecule has 1 N–H and O–H groups in total. The van der Waals surface area contributed by atoms with Crippen LogP contribution in [0.4, 0.5) is 5.82 Å². The van der Waals surface area contributed by atoms with Crippen LogP contribution in [-0.2, 0) is 7.05 Å². The van der Waals surface area contributed by atoms with Gasteiger partial charge in [-0.15, -0.1) is 0 Å². The number of ether oxygens (including phenoxy) is 2. The molecule has 0 spiro atoms. The fourth-order valence-electron chi connectivity index (χ4n) is 2.27. The number of hydrogen-bond donors (Lipinski definition) is 1. The molecule has 6 heteroatoms. The Morgan fingerprint density at radius 2 is 1.72 bits per heavy atom. The molecule has 3 rings (SSSR count). The lowest BCUT2D eigenvalue weighted by Gasteiger charge is -2.11. The SMILES string of the molecule is Cn1ccc(NC(=O)c2ccccc2OCCOc2ccccc2)n1. The third kappa shape index (κ3) is 4.60. The van der Waals surface area contributed by atoms with Crippen molar-refractivity contribution < 1.29 is 14.3 Å². The maximum absolute atomic E-state index is 12.4. The quantitative estimate of drug-likeness (QED) is 0.673. The normalized spacial score (nSPS) is 10.3. The molecule has 0 unspecified atom stereocenters. The third-order valence-electron chi connectivity index (χ3n) is 3.44. The van der Waals surface area contributed by atoms with Crippen molar-refractivity contribution in [3.63, 3.8) is 0 Å². The topological polar surface area (TPSA) is 65.4 Å². The fraction of sp³-hybridized carbons (Fsp3) is 0.158. The molecule has 1 aromatic heterocycles. The van der Waals surface area contributed by atoms with Gasteiger partial charge in [-0.05, 0) is 24.3 Å². The van der Waals surface area contributed by atoms with Crippen molar-refractivity contribution in [2.45, 2.75) is 0 Å². The van der Waals surface area contributed by atoms with Gasteiger partial charge in [-0.25, -0.2) is 0 Å². The van der Waals surface area contributed by atoms with Crippen LogP contribution in [0.2, 0.25) is 0 Å². The van der Waals surface area contributed by atoms with Crippen LogP contribution in [0.25, 0.3) is 0 Å². The Hall–Kier alpha value is -3.28. The Kier molecular flexibility index (Phi) is 5.31. The zero-order valence-electron chi connectivity index (χ0n) is 13.9. The predicted molar refractivity (Wildman–Crippen MR) is 95.0 cm³/mol. The Morgan fingerprint density at radius 3 is 2.48 bits per heavy atom. The first kappa shape index (κ1) is 16.6. The van der Waals surface area contributed by atoms with Gasteiger partial charge in [0.05, 0.1) is 5.56 Å². The van der Waals surface area contributed by atoms with Crippen LogP contribution in [0.15, 0.2) is 66.9 Å². The molecule has 0 saturated carbocycles. The minimum absolute atomic E-state index is 0.265. The highest BCUT2D eigenvalue weighted by molar-refractivity contribution is 6.05. The van der Waals surface area contributed by atoms with Crippen LogP contribution in [0, 0.1) is 0 Å². The molecular weight excluding hydrogens is 318 g/mol. The van der Waals surface area contributed by atoms with E-state index in [0.29, 0.717) is 30.3 Å². The van der Waals surface area contributed by atoms with Gasteiger partial charge in [-0.1, -0.05) is 30.3 Å². The fourth-order valence-corrected chi connectivity index (χ4v) is 2.27. The third-order valence-corrected chi connectivity index (χ3v) is 3.44. The summed E-state index contributed by atoms with van der Waals surface area (Å²) in [6, 6.07) is 18.3. The molecule has 0 aliphatic carbocycles. The highest BCUT2D eigenvalue weighted by atomic mass is 16.5. The summed E-state index contributed by atoms with van der Waals surface area (Å²) in [5.74, 6) is 1.52. The number of carbonyl (C=O) groups excluding carboxylic acids is 1. The number of nitrogens with one attached hydrogen (secondary N) is 1. The van der Waals surface area contributed by atoms with Crippen molar-refractivity contribution in [3.05, 3.63) is 72.4 Å². The summed E-state index contributed by atoms with van der Waals surface area (Å²) in [5.41, 5.74) is 0.452. The van der Waals surface area contributed by atoms with E-state index in [4.69, 9.17) is 9.47 Å².